The van der Waals surface area contributed by atoms with Crippen LogP contribution in [-0.4, -0.2) is 46.2 Å². The van der Waals surface area contributed by atoms with Crippen LogP contribution in [0.5, 0.6) is 0 Å². The summed E-state index contributed by atoms with van der Waals surface area (Å²) in [5.41, 5.74) is 10.5. The van der Waals surface area contributed by atoms with Gasteiger partial charge in [0.15, 0.2) is 11.6 Å². The lowest BCUT2D eigenvalue weighted by Crippen LogP contribution is -2.36. The van der Waals surface area contributed by atoms with Crippen molar-refractivity contribution in [3.8, 4) is 21.8 Å². The van der Waals surface area contributed by atoms with Gasteiger partial charge in [0.05, 0.1) is 33.8 Å². The fraction of sp³-hybridized carbons (Fsp3) is 0.222. The van der Waals surface area contributed by atoms with Gasteiger partial charge >= 0.3 is 0 Å². The lowest BCUT2D eigenvalue weighted by molar-refractivity contribution is 0.122. The number of nitrogens with zero attached hydrogens (tertiary/aromatic N) is 5. The highest BCUT2D eigenvalue weighted by Crippen LogP contribution is 2.40. The number of thiazole rings is 1. The van der Waals surface area contributed by atoms with E-state index in [-0.39, 0.29) is 0 Å². The van der Waals surface area contributed by atoms with Crippen molar-refractivity contribution in [3.63, 3.8) is 0 Å². The standard InChI is InChI=1S/C18H16N6OS2/c19-14-2-1-11(7-21-14)17-22-15-12(13-8-20-10-27-13)9-26-16(15)18(23-17)24-3-5-25-6-4-24/h1-2,7-10H,3-6H2,(H2,19,21). The zero-order chi connectivity index (χ0) is 18.2. The van der Waals surface area contributed by atoms with Crippen molar-refractivity contribution in [2.75, 3.05) is 36.9 Å². The van der Waals surface area contributed by atoms with E-state index >= 15 is 0 Å². The lowest BCUT2D eigenvalue weighted by atomic mass is 10.2. The molecule has 0 amide bonds. The summed E-state index contributed by atoms with van der Waals surface area (Å²) < 4.78 is 6.60. The SMILES string of the molecule is Nc1ccc(-c2nc(N3CCOCC3)c3scc(-c4cncs4)c3n2)cn1. The summed E-state index contributed by atoms with van der Waals surface area (Å²) >= 11 is 3.29. The second-order valence-electron chi connectivity index (χ2n) is 6.13. The molecule has 0 unspecified atom stereocenters. The van der Waals surface area contributed by atoms with Gasteiger partial charge in [-0.05, 0) is 12.1 Å². The minimum atomic E-state index is 0.481. The number of nitrogens with two attached hydrogens (primary N) is 1. The van der Waals surface area contributed by atoms with Crippen molar-refractivity contribution >= 4 is 44.5 Å². The Morgan fingerprint density at radius 2 is 1.96 bits per heavy atom. The zero-order valence-electron chi connectivity index (χ0n) is 14.3. The molecule has 1 aliphatic heterocycles. The highest BCUT2D eigenvalue weighted by atomic mass is 32.1. The smallest absolute Gasteiger partial charge is 0.163 e. The molecule has 0 saturated carbocycles. The minimum Gasteiger partial charge on any atom is -0.384 e. The number of thiophene rings is 1. The van der Waals surface area contributed by atoms with E-state index in [4.69, 9.17) is 20.4 Å². The number of nitrogen functional groups attached to an aromatic ring is 1. The topological polar surface area (TPSA) is 90.0 Å². The van der Waals surface area contributed by atoms with Crippen LogP contribution in [0.2, 0.25) is 0 Å². The predicted molar refractivity (Wildman–Crippen MR) is 109 cm³/mol. The maximum atomic E-state index is 5.74. The first-order chi connectivity index (χ1) is 13.3. The van der Waals surface area contributed by atoms with Crippen LogP contribution in [-0.2, 0) is 4.74 Å². The van der Waals surface area contributed by atoms with Crippen molar-refractivity contribution in [2.24, 2.45) is 0 Å². The summed E-state index contributed by atoms with van der Waals surface area (Å²) in [6, 6.07) is 3.68. The van der Waals surface area contributed by atoms with E-state index in [0.29, 0.717) is 24.9 Å². The average Bonchev–Trinajstić information content (AvgIpc) is 3.38. The molecule has 4 aromatic heterocycles. The maximum absolute atomic E-state index is 5.74. The largest absolute Gasteiger partial charge is 0.384 e. The Morgan fingerprint density at radius 3 is 2.70 bits per heavy atom. The summed E-state index contributed by atoms with van der Waals surface area (Å²) in [7, 11) is 0. The van der Waals surface area contributed by atoms with Crippen molar-refractivity contribution in [1.82, 2.24) is 19.9 Å². The van der Waals surface area contributed by atoms with E-state index in [1.807, 2.05) is 17.8 Å². The Bertz CT molecular complexity index is 1070. The fourth-order valence-corrected chi connectivity index (χ4v) is 4.82. The fourth-order valence-electron chi connectivity index (χ4n) is 3.08. The molecular weight excluding hydrogens is 380 g/mol. The van der Waals surface area contributed by atoms with Crippen molar-refractivity contribution in [3.05, 3.63) is 35.4 Å². The second kappa shape index (κ2) is 6.84. The van der Waals surface area contributed by atoms with Crippen LogP contribution in [0.25, 0.3) is 32.0 Å². The molecule has 0 bridgehead atoms. The van der Waals surface area contributed by atoms with Crippen LogP contribution in [0.15, 0.2) is 35.4 Å². The number of morpholine rings is 1. The molecule has 5 rings (SSSR count). The summed E-state index contributed by atoms with van der Waals surface area (Å²) in [6.07, 6.45) is 3.60. The van der Waals surface area contributed by atoms with Crippen LogP contribution in [0.4, 0.5) is 11.6 Å². The second-order valence-corrected chi connectivity index (χ2v) is 7.90. The average molecular weight is 397 g/mol. The third-order valence-corrected chi connectivity index (χ3v) is 6.22. The van der Waals surface area contributed by atoms with Crippen molar-refractivity contribution in [1.29, 1.82) is 0 Å². The summed E-state index contributed by atoms with van der Waals surface area (Å²) in [4.78, 5) is 21.6. The van der Waals surface area contributed by atoms with E-state index in [1.54, 1.807) is 34.9 Å². The first kappa shape index (κ1) is 16.5. The quantitative estimate of drug-likeness (QED) is 0.568. The first-order valence-electron chi connectivity index (χ1n) is 8.52. The molecule has 1 saturated heterocycles. The molecule has 4 aromatic rings. The van der Waals surface area contributed by atoms with Gasteiger partial charge in [-0.1, -0.05) is 0 Å². The van der Waals surface area contributed by atoms with Gasteiger partial charge in [-0.3, -0.25) is 4.98 Å². The molecule has 9 heteroatoms. The lowest BCUT2D eigenvalue weighted by Gasteiger charge is -2.28. The number of aromatic nitrogens is 4. The van der Waals surface area contributed by atoms with Crippen LogP contribution >= 0.6 is 22.7 Å². The van der Waals surface area contributed by atoms with Gasteiger partial charge in [-0.2, -0.15) is 0 Å². The molecule has 0 spiro atoms. The molecular formula is C18H16N6OS2. The molecule has 27 heavy (non-hydrogen) atoms. The van der Waals surface area contributed by atoms with Gasteiger partial charge in [0, 0.05) is 42.0 Å². The zero-order valence-corrected chi connectivity index (χ0v) is 16.0. The molecule has 0 aromatic carbocycles. The van der Waals surface area contributed by atoms with Gasteiger partial charge in [-0.25, -0.2) is 15.0 Å². The predicted octanol–water partition coefficient (Wildman–Crippen LogP) is 3.30. The summed E-state index contributed by atoms with van der Waals surface area (Å²) in [6.45, 7) is 3.05. The molecule has 2 N–H and O–H groups in total. The number of fused-ring (bicyclic) bond motifs is 1. The number of ether oxygens (including phenoxy) is 1. The van der Waals surface area contributed by atoms with E-state index < -0.39 is 0 Å². The third-order valence-electron chi connectivity index (χ3n) is 4.45. The van der Waals surface area contributed by atoms with Crippen LogP contribution < -0.4 is 10.6 Å². The van der Waals surface area contributed by atoms with Crippen LogP contribution in [0, 0.1) is 0 Å². The van der Waals surface area contributed by atoms with Crippen molar-refractivity contribution < 1.29 is 4.74 Å². The molecule has 7 nitrogen and oxygen atoms in total. The monoisotopic (exact) mass is 396 g/mol. The molecule has 0 radical (unpaired) electrons. The van der Waals surface area contributed by atoms with Gasteiger partial charge in [0.2, 0.25) is 0 Å². The van der Waals surface area contributed by atoms with Gasteiger partial charge in [0.25, 0.3) is 0 Å². The first-order valence-corrected chi connectivity index (χ1v) is 10.3. The normalized spacial score (nSPS) is 14.7. The Morgan fingerprint density at radius 1 is 1.07 bits per heavy atom. The van der Waals surface area contributed by atoms with Gasteiger partial charge in [0.1, 0.15) is 5.82 Å². The maximum Gasteiger partial charge on any atom is 0.163 e. The number of hydrogen-bond acceptors (Lipinski definition) is 9. The minimum absolute atomic E-state index is 0.481. The highest BCUT2D eigenvalue weighted by molar-refractivity contribution is 7.19. The Kier molecular flexibility index (Phi) is 4.19. The molecule has 1 fully saturated rings. The van der Waals surface area contributed by atoms with E-state index in [0.717, 1.165) is 45.1 Å². The number of anilines is 2. The van der Waals surface area contributed by atoms with E-state index in [9.17, 15) is 0 Å². The van der Waals surface area contributed by atoms with E-state index in [1.165, 1.54) is 0 Å². The van der Waals surface area contributed by atoms with Gasteiger partial charge in [-0.15, -0.1) is 22.7 Å². The molecule has 5 heterocycles. The summed E-state index contributed by atoms with van der Waals surface area (Å²) in [5.74, 6) is 2.09. The Hall–Kier alpha value is -2.62. The number of pyridine rings is 1. The molecule has 0 atom stereocenters. The van der Waals surface area contributed by atoms with Crippen LogP contribution in [0.3, 0.4) is 0 Å². The molecule has 0 aliphatic carbocycles. The third kappa shape index (κ3) is 3.03. The van der Waals surface area contributed by atoms with Crippen LogP contribution in [0.1, 0.15) is 0 Å². The molecule has 136 valence electrons. The number of hydrogen-bond donors (Lipinski definition) is 1. The summed E-state index contributed by atoms with van der Waals surface area (Å²) in [5, 5.41) is 2.14. The van der Waals surface area contributed by atoms with E-state index in [2.05, 4.69) is 20.2 Å². The highest BCUT2D eigenvalue weighted by Gasteiger charge is 2.21. The molecule has 1 aliphatic rings. The van der Waals surface area contributed by atoms with Crippen molar-refractivity contribution in [2.45, 2.75) is 0 Å². The Labute approximate surface area is 163 Å². The number of rotatable bonds is 3. The van der Waals surface area contributed by atoms with Gasteiger partial charge < -0.3 is 15.4 Å². The Balaban J connectivity index is 1.72.